The number of anilines is 3. The fourth-order valence-corrected chi connectivity index (χ4v) is 1.57. The number of nitriles is 1. The normalized spacial score (nSPS) is 9.70. The van der Waals surface area contributed by atoms with Crippen molar-refractivity contribution >= 4 is 17.5 Å². The van der Waals surface area contributed by atoms with Crippen LogP contribution in [0.15, 0.2) is 24.4 Å². The van der Waals surface area contributed by atoms with Crippen molar-refractivity contribution in [1.29, 1.82) is 5.26 Å². The van der Waals surface area contributed by atoms with Crippen molar-refractivity contribution in [3.63, 3.8) is 0 Å². The van der Waals surface area contributed by atoms with E-state index in [4.69, 9.17) is 10.00 Å². The van der Waals surface area contributed by atoms with Gasteiger partial charge in [-0.1, -0.05) is 0 Å². The first kappa shape index (κ1) is 13.5. The molecule has 0 amide bonds. The zero-order valence-corrected chi connectivity index (χ0v) is 10.9. The number of aromatic nitrogens is 2. The summed E-state index contributed by atoms with van der Waals surface area (Å²) in [6.45, 7) is 0. The second kappa shape index (κ2) is 5.84. The minimum absolute atomic E-state index is 0.0207. The number of rotatable bonds is 4. The Bertz CT molecular complexity index is 668. The van der Waals surface area contributed by atoms with Gasteiger partial charge in [-0.25, -0.2) is 9.37 Å². The standard InChI is InChI=1S/C13H12FN5O/c1-16-13-17-7-9(14)12(19-13)18-10-4-3-8(6-15)5-11(10)20-2/h3-5,7H,1-2H3,(H2,16,17,18,19). The monoisotopic (exact) mass is 273 g/mol. The van der Waals surface area contributed by atoms with Gasteiger partial charge in [0.2, 0.25) is 5.95 Å². The van der Waals surface area contributed by atoms with E-state index in [-0.39, 0.29) is 5.82 Å². The van der Waals surface area contributed by atoms with Crippen LogP contribution in [0.1, 0.15) is 5.56 Å². The van der Waals surface area contributed by atoms with Crippen molar-refractivity contribution in [3.8, 4) is 11.8 Å². The predicted molar refractivity (Wildman–Crippen MR) is 72.5 cm³/mol. The largest absolute Gasteiger partial charge is 0.495 e. The van der Waals surface area contributed by atoms with Gasteiger partial charge in [0, 0.05) is 13.1 Å². The Morgan fingerprint density at radius 1 is 1.40 bits per heavy atom. The molecule has 20 heavy (non-hydrogen) atoms. The van der Waals surface area contributed by atoms with Gasteiger partial charge >= 0.3 is 0 Å². The van der Waals surface area contributed by atoms with Crippen LogP contribution in [0.2, 0.25) is 0 Å². The van der Waals surface area contributed by atoms with Gasteiger partial charge in [-0.2, -0.15) is 10.2 Å². The van der Waals surface area contributed by atoms with Crippen LogP contribution in [-0.4, -0.2) is 24.1 Å². The molecule has 1 aromatic carbocycles. The van der Waals surface area contributed by atoms with E-state index in [1.807, 2.05) is 6.07 Å². The summed E-state index contributed by atoms with van der Waals surface area (Å²) in [4.78, 5) is 7.73. The molecule has 0 bridgehead atoms. The molecule has 0 unspecified atom stereocenters. The van der Waals surface area contributed by atoms with E-state index < -0.39 is 5.82 Å². The van der Waals surface area contributed by atoms with E-state index in [1.54, 1.807) is 25.2 Å². The topological polar surface area (TPSA) is 82.9 Å². The highest BCUT2D eigenvalue weighted by Crippen LogP contribution is 2.28. The minimum atomic E-state index is -0.588. The van der Waals surface area contributed by atoms with Crippen LogP contribution in [0.5, 0.6) is 5.75 Å². The molecule has 1 aromatic heterocycles. The molecule has 0 spiro atoms. The molecule has 0 saturated heterocycles. The van der Waals surface area contributed by atoms with E-state index in [2.05, 4.69) is 20.6 Å². The molecule has 102 valence electrons. The lowest BCUT2D eigenvalue weighted by Crippen LogP contribution is -2.04. The van der Waals surface area contributed by atoms with Crippen molar-refractivity contribution < 1.29 is 9.13 Å². The number of halogens is 1. The first-order valence-corrected chi connectivity index (χ1v) is 5.73. The van der Waals surface area contributed by atoms with E-state index in [0.29, 0.717) is 22.9 Å². The maximum Gasteiger partial charge on any atom is 0.224 e. The third kappa shape index (κ3) is 2.75. The van der Waals surface area contributed by atoms with E-state index in [1.165, 1.54) is 7.11 Å². The first-order valence-electron chi connectivity index (χ1n) is 5.73. The summed E-state index contributed by atoms with van der Waals surface area (Å²) in [6.07, 6.45) is 1.07. The fourth-order valence-electron chi connectivity index (χ4n) is 1.57. The molecule has 6 nitrogen and oxygen atoms in total. The highest BCUT2D eigenvalue weighted by atomic mass is 19.1. The lowest BCUT2D eigenvalue weighted by Gasteiger charge is -2.11. The van der Waals surface area contributed by atoms with E-state index >= 15 is 0 Å². The Morgan fingerprint density at radius 2 is 2.20 bits per heavy atom. The number of hydrogen-bond acceptors (Lipinski definition) is 6. The van der Waals surface area contributed by atoms with Crippen molar-refractivity contribution in [1.82, 2.24) is 9.97 Å². The van der Waals surface area contributed by atoms with Gasteiger partial charge in [-0.15, -0.1) is 0 Å². The molecule has 0 aliphatic carbocycles. The summed E-state index contributed by atoms with van der Waals surface area (Å²) in [6, 6.07) is 6.78. The molecule has 0 fully saturated rings. The third-order valence-corrected chi connectivity index (χ3v) is 2.55. The molecule has 0 aliphatic rings. The van der Waals surface area contributed by atoms with Crippen LogP contribution in [0.3, 0.4) is 0 Å². The maximum absolute atomic E-state index is 13.7. The molecule has 2 N–H and O–H groups in total. The number of ether oxygens (including phenoxy) is 1. The fraction of sp³-hybridized carbons (Fsp3) is 0.154. The second-order valence-corrected chi connectivity index (χ2v) is 3.79. The van der Waals surface area contributed by atoms with E-state index in [0.717, 1.165) is 6.20 Å². The zero-order valence-electron chi connectivity index (χ0n) is 10.9. The van der Waals surface area contributed by atoms with Crippen LogP contribution in [0.4, 0.5) is 21.8 Å². The molecule has 0 aliphatic heterocycles. The van der Waals surface area contributed by atoms with Gasteiger partial charge in [-0.3, -0.25) is 0 Å². The molecule has 2 rings (SSSR count). The van der Waals surface area contributed by atoms with Crippen LogP contribution in [0, 0.1) is 17.1 Å². The number of nitrogens with zero attached hydrogens (tertiary/aromatic N) is 3. The number of methoxy groups -OCH3 is 1. The quantitative estimate of drug-likeness (QED) is 0.889. The van der Waals surface area contributed by atoms with Crippen molar-refractivity contribution in [3.05, 3.63) is 35.8 Å². The summed E-state index contributed by atoms with van der Waals surface area (Å²) in [5.41, 5.74) is 0.956. The highest BCUT2D eigenvalue weighted by Gasteiger charge is 2.10. The molecule has 0 saturated carbocycles. The number of benzene rings is 1. The zero-order chi connectivity index (χ0) is 14.5. The van der Waals surface area contributed by atoms with Crippen molar-refractivity contribution in [2.75, 3.05) is 24.8 Å². The number of hydrogen-bond donors (Lipinski definition) is 2. The summed E-state index contributed by atoms with van der Waals surface area (Å²) in [5, 5.41) is 14.4. The van der Waals surface area contributed by atoms with Crippen molar-refractivity contribution in [2.45, 2.75) is 0 Å². The lowest BCUT2D eigenvalue weighted by molar-refractivity contribution is 0.416. The second-order valence-electron chi connectivity index (χ2n) is 3.79. The third-order valence-electron chi connectivity index (χ3n) is 2.55. The predicted octanol–water partition coefficient (Wildman–Crippen LogP) is 2.28. The molecule has 2 aromatic rings. The molecular formula is C13H12FN5O. The summed E-state index contributed by atoms with van der Waals surface area (Å²) in [7, 11) is 3.11. The lowest BCUT2D eigenvalue weighted by atomic mass is 10.2. The maximum atomic E-state index is 13.7. The first-order chi connectivity index (χ1) is 9.67. The Kier molecular flexibility index (Phi) is 3.96. The Balaban J connectivity index is 2.37. The van der Waals surface area contributed by atoms with Crippen molar-refractivity contribution in [2.24, 2.45) is 0 Å². The summed E-state index contributed by atoms with van der Waals surface area (Å²) >= 11 is 0. The molecule has 0 radical (unpaired) electrons. The summed E-state index contributed by atoms with van der Waals surface area (Å²) in [5.74, 6) is 0.150. The Labute approximate surface area is 115 Å². The van der Waals surface area contributed by atoms with Crippen LogP contribution in [0.25, 0.3) is 0 Å². The SMILES string of the molecule is CNc1ncc(F)c(Nc2ccc(C#N)cc2OC)n1. The molecule has 1 heterocycles. The molecule has 0 atom stereocenters. The van der Waals surface area contributed by atoms with Gasteiger partial charge in [0.1, 0.15) is 5.75 Å². The average Bonchev–Trinajstić information content (AvgIpc) is 2.49. The Hall–Kier alpha value is -2.88. The molecular weight excluding hydrogens is 261 g/mol. The van der Waals surface area contributed by atoms with Crippen LogP contribution in [-0.2, 0) is 0 Å². The molecule has 7 heteroatoms. The van der Waals surface area contributed by atoms with Crippen LogP contribution >= 0.6 is 0 Å². The smallest absolute Gasteiger partial charge is 0.224 e. The minimum Gasteiger partial charge on any atom is -0.495 e. The average molecular weight is 273 g/mol. The van der Waals surface area contributed by atoms with Crippen LogP contribution < -0.4 is 15.4 Å². The highest BCUT2D eigenvalue weighted by molar-refractivity contribution is 5.66. The van der Waals surface area contributed by atoms with Gasteiger partial charge in [0.25, 0.3) is 0 Å². The number of nitrogens with one attached hydrogen (secondary N) is 2. The van der Waals surface area contributed by atoms with Gasteiger partial charge in [0.15, 0.2) is 11.6 Å². The van der Waals surface area contributed by atoms with E-state index in [9.17, 15) is 4.39 Å². The Morgan fingerprint density at radius 3 is 2.85 bits per heavy atom. The van der Waals surface area contributed by atoms with Gasteiger partial charge in [-0.05, 0) is 12.1 Å². The summed E-state index contributed by atoms with van der Waals surface area (Å²) < 4.78 is 18.8. The van der Waals surface area contributed by atoms with Gasteiger partial charge < -0.3 is 15.4 Å². The van der Waals surface area contributed by atoms with Gasteiger partial charge in [0.05, 0.1) is 30.6 Å².